The largest absolute Gasteiger partial charge is 0.343 e. The van der Waals surface area contributed by atoms with E-state index in [0.29, 0.717) is 15.8 Å². The van der Waals surface area contributed by atoms with Crippen molar-refractivity contribution in [2.75, 3.05) is 6.54 Å². The zero-order valence-corrected chi connectivity index (χ0v) is 16.4. The molecule has 0 bridgehead atoms. The Morgan fingerprint density at radius 2 is 1.96 bits per heavy atom. The average molecular weight is 406 g/mol. The maximum atomic E-state index is 12.2. The van der Waals surface area contributed by atoms with Crippen LogP contribution in [0.2, 0.25) is 5.02 Å². The molecule has 8 heteroatoms. The maximum Gasteiger partial charge on any atom is 0.279 e. The summed E-state index contributed by atoms with van der Waals surface area (Å²) in [5, 5.41) is 2.77. The van der Waals surface area contributed by atoms with Gasteiger partial charge in [-0.1, -0.05) is 30.7 Å². The van der Waals surface area contributed by atoms with Crippen LogP contribution in [0, 0.1) is 5.92 Å². The Balaban J connectivity index is 1.47. The highest BCUT2D eigenvalue weighted by atomic mass is 35.5. The van der Waals surface area contributed by atoms with Gasteiger partial charge in [-0.3, -0.25) is 25.2 Å². The molecule has 3 amide bonds. The van der Waals surface area contributed by atoms with Crippen molar-refractivity contribution in [3.8, 4) is 0 Å². The molecule has 0 unspecified atom stereocenters. The summed E-state index contributed by atoms with van der Waals surface area (Å²) >= 11 is 7.41. The lowest BCUT2D eigenvalue weighted by Crippen LogP contribution is -2.46. The summed E-state index contributed by atoms with van der Waals surface area (Å²) in [6.45, 7) is 1.93. The molecule has 1 atom stereocenters. The number of amides is 3. The van der Waals surface area contributed by atoms with Crippen LogP contribution in [0.4, 0.5) is 0 Å². The van der Waals surface area contributed by atoms with E-state index < -0.39 is 11.8 Å². The van der Waals surface area contributed by atoms with Crippen LogP contribution in [0.25, 0.3) is 0 Å². The van der Waals surface area contributed by atoms with Gasteiger partial charge in [-0.2, -0.15) is 0 Å². The first-order valence-electron chi connectivity index (χ1n) is 8.67. The van der Waals surface area contributed by atoms with Crippen molar-refractivity contribution in [1.82, 2.24) is 16.2 Å². The number of hydrazine groups is 1. The molecule has 27 heavy (non-hydrogen) atoms. The van der Waals surface area contributed by atoms with Crippen LogP contribution in [0.1, 0.15) is 43.8 Å². The second-order valence-electron chi connectivity index (χ2n) is 6.57. The van der Waals surface area contributed by atoms with Crippen LogP contribution < -0.4 is 16.2 Å². The Morgan fingerprint density at radius 3 is 2.74 bits per heavy atom. The number of halogens is 1. The van der Waals surface area contributed by atoms with Crippen molar-refractivity contribution in [3.63, 3.8) is 0 Å². The zero-order valence-electron chi connectivity index (χ0n) is 14.8. The number of benzene rings is 1. The summed E-state index contributed by atoms with van der Waals surface area (Å²) in [6, 6.07) is 8.46. The van der Waals surface area contributed by atoms with Crippen LogP contribution >= 0.6 is 22.9 Å². The topological polar surface area (TPSA) is 87.3 Å². The molecule has 0 saturated heterocycles. The molecule has 2 aromatic rings. The van der Waals surface area contributed by atoms with Crippen LogP contribution in [-0.2, 0) is 17.6 Å². The lowest BCUT2D eigenvalue weighted by atomic mass is 9.90. The number of carbonyl (C=O) groups excluding carboxylic acids is 3. The number of fused-ring (bicyclic) bond motifs is 1. The Bertz CT molecular complexity index is 881. The summed E-state index contributed by atoms with van der Waals surface area (Å²) in [4.78, 5) is 37.9. The van der Waals surface area contributed by atoms with Gasteiger partial charge in [0.2, 0.25) is 0 Å². The third-order valence-electron chi connectivity index (χ3n) is 4.40. The van der Waals surface area contributed by atoms with E-state index in [-0.39, 0.29) is 18.0 Å². The van der Waals surface area contributed by atoms with Gasteiger partial charge in [0.15, 0.2) is 0 Å². The number of rotatable bonds is 4. The summed E-state index contributed by atoms with van der Waals surface area (Å²) in [5.74, 6) is -0.710. The smallest absolute Gasteiger partial charge is 0.279 e. The van der Waals surface area contributed by atoms with E-state index >= 15 is 0 Å². The van der Waals surface area contributed by atoms with Crippen molar-refractivity contribution in [2.24, 2.45) is 5.92 Å². The van der Waals surface area contributed by atoms with Gasteiger partial charge in [-0.25, -0.2) is 0 Å². The average Bonchev–Trinajstić information content (AvgIpc) is 3.07. The molecule has 6 nitrogen and oxygen atoms in total. The van der Waals surface area contributed by atoms with E-state index in [1.54, 1.807) is 24.3 Å². The summed E-state index contributed by atoms with van der Waals surface area (Å²) in [7, 11) is 0. The number of thiophene rings is 1. The fraction of sp³-hybridized carbons (Fsp3) is 0.316. The second-order valence-corrected chi connectivity index (χ2v) is 8.12. The van der Waals surface area contributed by atoms with Gasteiger partial charge in [0.1, 0.15) is 0 Å². The molecule has 0 spiro atoms. The Labute approximate surface area is 166 Å². The SMILES string of the molecule is C[C@@H]1CCc2sc(C(=O)NNC(=O)CNC(=O)c3ccccc3Cl)cc2C1. The van der Waals surface area contributed by atoms with E-state index in [4.69, 9.17) is 11.6 Å². The maximum absolute atomic E-state index is 12.2. The molecule has 142 valence electrons. The van der Waals surface area contributed by atoms with E-state index in [9.17, 15) is 14.4 Å². The molecule has 3 N–H and O–H groups in total. The normalized spacial score (nSPS) is 15.6. The molecular formula is C19H20ClN3O3S. The lowest BCUT2D eigenvalue weighted by molar-refractivity contribution is -0.120. The standard InChI is InChI=1S/C19H20ClN3O3S/c1-11-6-7-15-12(8-11)9-16(27-15)19(26)23-22-17(24)10-21-18(25)13-4-2-3-5-14(13)20/h2-5,9,11H,6-8,10H2,1H3,(H,21,25)(H,22,24)(H,23,26)/t11-/m1/s1. The Hall–Kier alpha value is -2.38. The number of aryl methyl sites for hydroxylation is 1. The fourth-order valence-electron chi connectivity index (χ4n) is 2.95. The number of hydrogen-bond acceptors (Lipinski definition) is 4. The quantitative estimate of drug-likeness (QED) is 0.683. The van der Waals surface area contributed by atoms with Gasteiger partial charge in [-0.05, 0) is 48.9 Å². The summed E-state index contributed by atoms with van der Waals surface area (Å²) < 4.78 is 0. The molecule has 1 heterocycles. The van der Waals surface area contributed by atoms with E-state index in [1.165, 1.54) is 21.8 Å². The molecule has 3 rings (SSSR count). The third-order valence-corrected chi connectivity index (χ3v) is 5.96. The number of hydrogen-bond donors (Lipinski definition) is 3. The van der Waals surface area contributed by atoms with Crippen LogP contribution in [-0.4, -0.2) is 24.3 Å². The zero-order chi connectivity index (χ0) is 19.4. The molecule has 0 radical (unpaired) electrons. The summed E-state index contributed by atoms with van der Waals surface area (Å²) in [5.41, 5.74) is 6.21. The molecular weight excluding hydrogens is 386 g/mol. The highest BCUT2D eigenvalue weighted by Gasteiger charge is 2.21. The van der Waals surface area contributed by atoms with Crippen LogP contribution in [0.3, 0.4) is 0 Å². The molecule has 0 saturated carbocycles. The molecule has 0 fully saturated rings. The van der Waals surface area contributed by atoms with Gasteiger partial charge in [0, 0.05) is 4.88 Å². The summed E-state index contributed by atoms with van der Waals surface area (Å²) in [6.07, 6.45) is 3.12. The van der Waals surface area contributed by atoms with Gasteiger partial charge >= 0.3 is 0 Å². The molecule has 1 aromatic heterocycles. The first-order chi connectivity index (χ1) is 12.9. The van der Waals surface area contributed by atoms with E-state index in [0.717, 1.165) is 19.3 Å². The lowest BCUT2D eigenvalue weighted by Gasteiger charge is -2.16. The van der Waals surface area contributed by atoms with Crippen molar-refractivity contribution in [1.29, 1.82) is 0 Å². The second kappa shape index (κ2) is 8.54. The van der Waals surface area contributed by atoms with Crippen molar-refractivity contribution in [2.45, 2.75) is 26.2 Å². The van der Waals surface area contributed by atoms with E-state index in [2.05, 4.69) is 23.1 Å². The predicted octanol–water partition coefficient (Wildman–Crippen LogP) is 2.72. The third kappa shape index (κ3) is 4.87. The van der Waals surface area contributed by atoms with Crippen molar-refractivity contribution < 1.29 is 14.4 Å². The Kier molecular flexibility index (Phi) is 6.13. The Morgan fingerprint density at radius 1 is 1.19 bits per heavy atom. The minimum atomic E-state index is -0.529. The van der Waals surface area contributed by atoms with Gasteiger partial charge in [0.25, 0.3) is 17.7 Å². The molecule has 1 aliphatic rings. The van der Waals surface area contributed by atoms with Gasteiger partial charge in [-0.15, -0.1) is 11.3 Å². The predicted molar refractivity (Wildman–Crippen MR) is 105 cm³/mol. The molecule has 1 aliphatic carbocycles. The highest BCUT2D eigenvalue weighted by molar-refractivity contribution is 7.14. The highest BCUT2D eigenvalue weighted by Crippen LogP contribution is 2.32. The van der Waals surface area contributed by atoms with Gasteiger partial charge < -0.3 is 5.32 Å². The minimum absolute atomic E-state index is 0.275. The molecule has 0 aliphatic heterocycles. The van der Waals surface area contributed by atoms with Crippen LogP contribution in [0.5, 0.6) is 0 Å². The minimum Gasteiger partial charge on any atom is -0.343 e. The first kappa shape index (κ1) is 19.4. The van der Waals surface area contributed by atoms with Crippen molar-refractivity contribution in [3.05, 3.63) is 56.2 Å². The monoisotopic (exact) mass is 405 g/mol. The van der Waals surface area contributed by atoms with E-state index in [1.807, 2.05) is 6.07 Å². The number of nitrogens with one attached hydrogen (secondary N) is 3. The van der Waals surface area contributed by atoms with Crippen LogP contribution in [0.15, 0.2) is 30.3 Å². The first-order valence-corrected chi connectivity index (χ1v) is 9.87. The molecule has 1 aromatic carbocycles. The fourth-order valence-corrected chi connectivity index (χ4v) is 4.28. The number of carbonyl (C=O) groups is 3. The van der Waals surface area contributed by atoms with Gasteiger partial charge in [0.05, 0.1) is 22.0 Å². The van der Waals surface area contributed by atoms with Crippen molar-refractivity contribution >= 4 is 40.7 Å².